The molecular formula is C25H26BrNO5. The van der Waals surface area contributed by atoms with Gasteiger partial charge in [-0.25, -0.2) is 0 Å². The predicted octanol–water partition coefficient (Wildman–Crippen LogP) is 4.94. The molecule has 0 bridgehead atoms. The number of benzene rings is 3. The molecule has 0 aliphatic heterocycles. The zero-order valence-electron chi connectivity index (χ0n) is 18.1. The van der Waals surface area contributed by atoms with Gasteiger partial charge in [-0.3, -0.25) is 4.79 Å². The van der Waals surface area contributed by atoms with Gasteiger partial charge in [0.05, 0.1) is 10.9 Å². The van der Waals surface area contributed by atoms with Crippen molar-refractivity contribution in [3.63, 3.8) is 0 Å². The smallest absolute Gasteiger partial charge is 0.224 e. The van der Waals surface area contributed by atoms with E-state index in [0.717, 1.165) is 22.3 Å². The standard InChI is InChI=1S/C25H26BrNO5/c1-29-16-31-21-14-22(32-17-30-2)25(26)20(24(21)19-11-7-4-8-12-19)13-23(28)27-15-18-9-5-3-6-10-18/h3-12,14H,13,15-17H2,1-2H3,(H,27,28). The van der Waals surface area contributed by atoms with Crippen molar-refractivity contribution in [3.05, 3.63) is 82.3 Å². The van der Waals surface area contributed by atoms with E-state index in [4.69, 9.17) is 18.9 Å². The van der Waals surface area contributed by atoms with Gasteiger partial charge in [-0.15, -0.1) is 0 Å². The normalized spacial score (nSPS) is 10.6. The molecule has 3 aromatic carbocycles. The third-order valence-corrected chi connectivity index (χ3v) is 5.56. The Kier molecular flexibility index (Phi) is 9.10. The molecule has 1 N–H and O–H groups in total. The van der Waals surface area contributed by atoms with Crippen LogP contribution >= 0.6 is 15.9 Å². The maximum atomic E-state index is 12.9. The summed E-state index contributed by atoms with van der Waals surface area (Å²) in [5, 5.41) is 2.99. The van der Waals surface area contributed by atoms with E-state index < -0.39 is 0 Å². The summed E-state index contributed by atoms with van der Waals surface area (Å²) in [5.74, 6) is 0.954. The molecule has 0 heterocycles. The van der Waals surface area contributed by atoms with Crippen LogP contribution < -0.4 is 14.8 Å². The lowest BCUT2D eigenvalue weighted by Crippen LogP contribution is -2.25. The monoisotopic (exact) mass is 499 g/mol. The molecule has 0 aromatic heterocycles. The fraction of sp³-hybridized carbons (Fsp3) is 0.240. The van der Waals surface area contributed by atoms with Gasteiger partial charge in [0.25, 0.3) is 0 Å². The van der Waals surface area contributed by atoms with Crippen LogP contribution in [0.25, 0.3) is 11.1 Å². The van der Waals surface area contributed by atoms with Crippen molar-refractivity contribution in [1.82, 2.24) is 5.32 Å². The lowest BCUT2D eigenvalue weighted by atomic mass is 9.95. The number of amides is 1. The third kappa shape index (κ3) is 6.32. The number of nitrogens with one attached hydrogen (secondary N) is 1. The summed E-state index contributed by atoms with van der Waals surface area (Å²) in [4.78, 5) is 12.9. The number of methoxy groups -OCH3 is 2. The van der Waals surface area contributed by atoms with Crippen LogP contribution in [0.2, 0.25) is 0 Å². The Morgan fingerprint density at radius 3 is 2.09 bits per heavy atom. The molecule has 0 radical (unpaired) electrons. The highest BCUT2D eigenvalue weighted by atomic mass is 79.9. The van der Waals surface area contributed by atoms with Crippen LogP contribution in [0.15, 0.2) is 71.2 Å². The quantitative estimate of drug-likeness (QED) is 0.378. The molecule has 0 saturated carbocycles. The van der Waals surface area contributed by atoms with Gasteiger partial charge in [-0.2, -0.15) is 0 Å². The second-order valence-corrected chi connectivity index (χ2v) is 7.74. The summed E-state index contributed by atoms with van der Waals surface area (Å²) in [5.41, 5.74) is 3.50. The van der Waals surface area contributed by atoms with Crippen LogP contribution in [-0.2, 0) is 27.2 Å². The molecule has 0 aliphatic rings. The van der Waals surface area contributed by atoms with Crippen LogP contribution in [0, 0.1) is 0 Å². The molecule has 0 unspecified atom stereocenters. The average Bonchev–Trinajstić information content (AvgIpc) is 2.83. The zero-order valence-corrected chi connectivity index (χ0v) is 19.7. The van der Waals surface area contributed by atoms with Crippen molar-refractivity contribution in [3.8, 4) is 22.6 Å². The first-order valence-corrected chi connectivity index (χ1v) is 10.9. The molecule has 32 heavy (non-hydrogen) atoms. The number of halogens is 1. The third-order valence-electron chi connectivity index (χ3n) is 4.69. The maximum absolute atomic E-state index is 12.9. The van der Waals surface area contributed by atoms with Crippen LogP contribution in [0.5, 0.6) is 11.5 Å². The number of carbonyl (C=O) groups is 1. The fourth-order valence-corrected chi connectivity index (χ4v) is 3.80. The Balaban J connectivity index is 1.98. The van der Waals surface area contributed by atoms with Crippen LogP contribution in [-0.4, -0.2) is 33.7 Å². The Morgan fingerprint density at radius 2 is 1.47 bits per heavy atom. The molecule has 3 aromatic rings. The largest absolute Gasteiger partial charge is 0.467 e. The average molecular weight is 500 g/mol. The Morgan fingerprint density at radius 1 is 0.875 bits per heavy atom. The molecule has 6 nitrogen and oxygen atoms in total. The molecule has 0 fully saturated rings. The lowest BCUT2D eigenvalue weighted by Gasteiger charge is -2.20. The number of rotatable bonds is 11. The van der Waals surface area contributed by atoms with E-state index in [1.54, 1.807) is 20.3 Å². The van der Waals surface area contributed by atoms with E-state index in [0.29, 0.717) is 22.5 Å². The van der Waals surface area contributed by atoms with Gasteiger partial charge in [0.2, 0.25) is 5.91 Å². The number of hydrogen-bond acceptors (Lipinski definition) is 5. The molecular weight excluding hydrogens is 474 g/mol. The molecule has 7 heteroatoms. The topological polar surface area (TPSA) is 66.0 Å². The zero-order chi connectivity index (χ0) is 22.8. The number of ether oxygens (including phenoxy) is 4. The first-order chi connectivity index (χ1) is 15.6. The highest BCUT2D eigenvalue weighted by Crippen LogP contribution is 2.43. The molecule has 1 amide bonds. The van der Waals surface area contributed by atoms with E-state index in [2.05, 4.69) is 21.2 Å². The van der Waals surface area contributed by atoms with E-state index in [1.165, 1.54) is 0 Å². The second kappa shape index (κ2) is 12.2. The highest BCUT2D eigenvalue weighted by Gasteiger charge is 2.22. The summed E-state index contributed by atoms with van der Waals surface area (Å²) in [6.07, 6.45) is 0.130. The molecule has 168 valence electrons. The summed E-state index contributed by atoms with van der Waals surface area (Å²) < 4.78 is 22.4. The predicted molar refractivity (Wildman–Crippen MR) is 127 cm³/mol. The van der Waals surface area contributed by atoms with Crippen molar-refractivity contribution in [2.24, 2.45) is 0 Å². The Hall–Kier alpha value is -2.87. The van der Waals surface area contributed by atoms with Crippen molar-refractivity contribution in [1.29, 1.82) is 0 Å². The van der Waals surface area contributed by atoms with Crippen molar-refractivity contribution >= 4 is 21.8 Å². The van der Waals surface area contributed by atoms with Gasteiger partial charge in [0, 0.05) is 32.4 Å². The molecule has 0 spiro atoms. The van der Waals surface area contributed by atoms with Gasteiger partial charge in [-0.05, 0) is 32.6 Å². The summed E-state index contributed by atoms with van der Waals surface area (Å²) >= 11 is 3.64. The summed E-state index contributed by atoms with van der Waals surface area (Å²) in [6, 6.07) is 21.3. The van der Waals surface area contributed by atoms with Crippen molar-refractivity contribution in [2.75, 3.05) is 27.8 Å². The van der Waals surface area contributed by atoms with Gasteiger partial charge in [-0.1, -0.05) is 60.7 Å². The van der Waals surface area contributed by atoms with Gasteiger partial charge < -0.3 is 24.3 Å². The van der Waals surface area contributed by atoms with Gasteiger partial charge in [0.1, 0.15) is 11.5 Å². The van der Waals surface area contributed by atoms with E-state index >= 15 is 0 Å². The second-order valence-electron chi connectivity index (χ2n) is 6.95. The fourth-order valence-electron chi connectivity index (χ4n) is 3.23. The minimum atomic E-state index is -0.117. The molecule has 0 aliphatic carbocycles. The van der Waals surface area contributed by atoms with Crippen LogP contribution in [0.4, 0.5) is 0 Å². The van der Waals surface area contributed by atoms with Crippen LogP contribution in [0.3, 0.4) is 0 Å². The maximum Gasteiger partial charge on any atom is 0.224 e. The number of carbonyl (C=O) groups excluding carboxylic acids is 1. The summed E-state index contributed by atoms with van der Waals surface area (Å²) in [7, 11) is 3.10. The SMILES string of the molecule is COCOc1cc(OCOC)c(-c2ccccc2)c(CC(=O)NCc2ccccc2)c1Br. The summed E-state index contributed by atoms with van der Waals surface area (Å²) in [6.45, 7) is 0.572. The molecule has 0 saturated heterocycles. The minimum Gasteiger partial charge on any atom is -0.467 e. The first-order valence-electron chi connectivity index (χ1n) is 10.1. The highest BCUT2D eigenvalue weighted by molar-refractivity contribution is 9.10. The Bertz CT molecular complexity index is 1010. The van der Waals surface area contributed by atoms with E-state index in [-0.39, 0.29) is 25.9 Å². The minimum absolute atomic E-state index is 0.0603. The van der Waals surface area contributed by atoms with Crippen LogP contribution in [0.1, 0.15) is 11.1 Å². The Labute approximate surface area is 196 Å². The van der Waals surface area contributed by atoms with E-state index in [1.807, 2.05) is 60.7 Å². The first kappa shape index (κ1) is 23.8. The molecule has 0 atom stereocenters. The van der Waals surface area contributed by atoms with Gasteiger partial charge >= 0.3 is 0 Å². The van der Waals surface area contributed by atoms with Crippen molar-refractivity contribution in [2.45, 2.75) is 13.0 Å². The molecule has 3 rings (SSSR count). The van der Waals surface area contributed by atoms with Crippen molar-refractivity contribution < 1.29 is 23.7 Å². The van der Waals surface area contributed by atoms with E-state index in [9.17, 15) is 4.79 Å². The van der Waals surface area contributed by atoms with Gasteiger partial charge in [0.15, 0.2) is 13.6 Å². The number of hydrogen-bond donors (Lipinski definition) is 1. The lowest BCUT2D eigenvalue weighted by molar-refractivity contribution is -0.120.